The highest BCUT2D eigenvalue weighted by atomic mass is 35.5. The molecule has 140 valence electrons. The molecule has 0 N–H and O–H groups in total. The van der Waals surface area contributed by atoms with Crippen LogP contribution in [-0.2, 0) is 21.2 Å². The fourth-order valence-corrected chi connectivity index (χ4v) is 3.29. The Morgan fingerprint density at radius 2 is 1.77 bits per heavy atom. The normalized spacial score (nSPS) is 11.4. The van der Waals surface area contributed by atoms with E-state index < -0.39 is 16.0 Å². The van der Waals surface area contributed by atoms with Crippen LogP contribution in [0.4, 0.5) is 0 Å². The van der Waals surface area contributed by atoms with Crippen molar-refractivity contribution < 1.29 is 22.7 Å². The number of sulfonamides is 1. The van der Waals surface area contributed by atoms with E-state index in [0.29, 0.717) is 6.42 Å². The number of esters is 1. The molecule has 0 aromatic heterocycles. The highest BCUT2D eigenvalue weighted by Crippen LogP contribution is 2.23. The zero-order chi connectivity index (χ0) is 19.3. The summed E-state index contributed by atoms with van der Waals surface area (Å²) in [5.41, 5.74) is 0.998. The molecule has 0 unspecified atom stereocenters. The number of hydrogen-bond donors (Lipinski definition) is 0. The summed E-state index contributed by atoms with van der Waals surface area (Å²) in [6, 6.07) is 11.4. The summed E-state index contributed by atoms with van der Waals surface area (Å²) in [6.07, 6.45) is 0.517. The summed E-state index contributed by atoms with van der Waals surface area (Å²) >= 11 is 6.03. The topological polar surface area (TPSA) is 72.9 Å². The number of benzene rings is 2. The third-order valence-corrected chi connectivity index (χ3v) is 5.86. The van der Waals surface area contributed by atoms with Crippen molar-refractivity contribution in [2.24, 2.45) is 0 Å². The first-order valence-electron chi connectivity index (χ1n) is 7.78. The number of ether oxygens (including phenoxy) is 2. The largest absolute Gasteiger partial charge is 0.497 e. The number of hydrogen-bond acceptors (Lipinski definition) is 5. The molecule has 26 heavy (non-hydrogen) atoms. The first kappa shape index (κ1) is 20.2. The van der Waals surface area contributed by atoms with Gasteiger partial charge in [0.25, 0.3) is 0 Å². The van der Waals surface area contributed by atoms with Gasteiger partial charge < -0.3 is 9.47 Å². The minimum atomic E-state index is -3.66. The highest BCUT2D eigenvalue weighted by Gasteiger charge is 2.21. The fraction of sp³-hybridized carbons (Fsp3) is 0.278. The standard InChI is InChI=1S/C18H20ClNO5S/c1-20(2)26(22,23)15-8-9-17(19)16(12-15)18(21)25-11-10-13-4-6-14(24-3)7-5-13/h4-9,12H,10-11H2,1-3H3. The number of carbonyl (C=O) groups is 1. The molecule has 0 bridgehead atoms. The molecule has 0 saturated heterocycles. The lowest BCUT2D eigenvalue weighted by atomic mass is 10.1. The molecule has 2 aromatic carbocycles. The molecular formula is C18H20ClNO5S. The number of carbonyl (C=O) groups excluding carboxylic acids is 1. The van der Waals surface area contributed by atoms with Crippen LogP contribution in [0, 0.1) is 0 Å². The average Bonchev–Trinajstić information content (AvgIpc) is 2.62. The zero-order valence-electron chi connectivity index (χ0n) is 14.7. The molecule has 0 aliphatic rings. The molecule has 0 atom stereocenters. The minimum Gasteiger partial charge on any atom is -0.497 e. The summed E-state index contributed by atoms with van der Waals surface area (Å²) in [7, 11) is 0.751. The van der Waals surface area contributed by atoms with Gasteiger partial charge in [-0.2, -0.15) is 0 Å². The summed E-state index contributed by atoms with van der Waals surface area (Å²) in [5.74, 6) is 0.0794. The van der Waals surface area contributed by atoms with Crippen LogP contribution in [0.15, 0.2) is 47.4 Å². The molecule has 6 nitrogen and oxygen atoms in total. The van der Waals surface area contributed by atoms with E-state index in [1.54, 1.807) is 7.11 Å². The van der Waals surface area contributed by atoms with Gasteiger partial charge in [0.15, 0.2) is 0 Å². The molecule has 0 aliphatic heterocycles. The Bertz CT molecular complexity index is 879. The van der Waals surface area contributed by atoms with Crippen LogP contribution in [0.3, 0.4) is 0 Å². The van der Waals surface area contributed by atoms with Crippen molar-refractivity contribution in [3.05, 3.63) is 58.6 Å². The Labute approximate surface area is 158 Å². The first-order chi connectivity index (χ1) is 12.3. The third kappa shape index (κ3) is 4.75. The van der Waals surface area contributed by atoms with Crippen LogP contribution in [-0.4, -0.2) is 46.5 Å². The molecule has 8 heteroatoms. The molecule has 0 radical (unpaired) electrons. The van der Waals surface area contributed by atoms with Gasteiger partial charge in [0.2, 0.25) is 10.0 Å². The molecule has 0 heterocycles. The smallest absolute Gasteiger partial charge is 0.339 e. The third-order valence-electron chi connectivity index (χ3n) is 3.72. The van der Waals surface area contributed by atoms with Crippen LogP contribution < -0.4 is 4.74 Å². The Balaban J connectivity index is 2.06. The van der Waals surface area contributed by atoms with E-state index in [-0.39, 0.29) is 22.1 Å². The zero-order valence-corrected chi connectivity index (χ0v) is 16.3. The maximum atomic E-state index is 12.3. The van der Waals surface area contributed by atoms with Crippen molar-refractivity contribution >= 4 is 27.6 Å². The van der Waals surface area contributed by atoms with Crippen molar-refractivity contribution in [1.82, 2.24) is 4.31 Å². The van der Waals surface area contributed by atoms with Crippen molar-refractivity contribution in [2.45, 2.75) is 11.3 Å². The Morgan fingerprint density at radius 3 is 2.35 bits per heavy atom. The van der Waals surface area contributed by atoms with Gasteiger partial charge in [0.05, 0.1) is 29.2 Å². The summed E-state index contributed by atoms with van der Waals surface area (Å²) < 4.78 is 35.8. The summed E-state index contributed by atoms with van der Waals surface area (Å²) in [4.78, 5) is 12.3. The number of halogens is 1. The SMILES string of the molecule is COc1ccc(CCOC(=O)c2cc(S(=O)(=O)N(C)C)ccc2Cl)cc1. The van der Waals surface area contributed by atoms with E-state index in [0.717, 1.165) is 15.6 Å². The molecule has 2 rings (SSSR count). The first-order valence-corrected chi connectivity index (χ1v) is 9.59. The predicted octanol–water partition coefficient (Wildman–Crippen LogP) is 3.00. The molecule has 0 saturated carbocycles. The van der Waals surface area contributed by atoms with E-state index in [1.165, 1.54) is 32.3 Å². The lowest BCUT2D eigenvalue weighted by Crippen LogP contribution is -2.22. The Kier molecular flexibility index (Phi) is 6.63. The molecule has 0 fully saturated rings. The van der Waals surface area contributed by atoms with Crippen molar-refractivity contribution in [1.29, 1.82) is 0 Å². The van der Waals surface area contributed by atoms with Gasteiger partial charge in [-0.3, -0.25) is 0 Å². The van der Waals surface area contributed by atoms with E-state index in [4.69, 9.17) is 21.1 Å². The average molecular weight is 398 g/mol. The van der Waals surface area contributed by atoms with Crippen LogP contribution in [0.2, 0.25) is 5.02 Å². The van der Waals surface area contributed by atoms with Gasteiger partial charge in [0.1, 0.15) is 5.75 Å². The second kappa shape index (κ2) is 8.53. The number of rotatable bonds is 7. The van der Waals surface area contributed by atoms with E-state index in [2.05, 4.69) is 0 Å². The van der Waals surface area contributed by atoms with Crippen LogP contribution in [0.1, 0.15) is 15.9 Å². The van der Waals surface area contributed by atoms with Gasteiger partial charge in [-0.1, -0.05) is 23.7 Å². The Hall–Kier alpha value is -2.09. The quantitative estimate of drug-likeness (QED) is 0.671. The van der Waals surface area contributed by atoms with Crippen molar-refractivity contribution in [3.8, 4) is 5.75 Å². The number of methoxy groups -OCH3 is 1. The number of nitrogens with zero attached hydrogens (tertiary/aromatic N) is 1. The van der Waals surface area contributed by atoms with E-state index in [1.807, 2.05) is 24.3 Å². The van der Waals surface area contributed by atoms with Gasteiger partial charge in [-0.15, -0.1) is 0 Å². The van der Waals surface area contributed by atoms with E-state index in [9.17, 15) is 13.2 Å². The van der Waals surface area contributed by atoms with Gasteiger partial charge >= 0.3 is 5.97 Å². The van der Waals surface area contributed by atoms with Gasteiger partial charge in [0, 0.05) is 20.5 Å². The van der Waals surface area contributed by atoms with Crippen LogP contribution in [0.25, 0.3) is 0 Å². The second-order valence-electron chi connectivity index (χ2n) is 5.66. The predicted molar refractivity (Wildman–Crippen MR) is 99.3 cm³/mol. The second-order valence-corrected chi connectivity index (χ2v) is 8.22. The van der Waals surface area contributed by atoms with E-state index >= 15 is 0 Å². The lowest BCUT2D eigenvalue weighted by Gasteiger charge is -2.13. The van der Waals surface area contributed by atoms with Crippen molar-refractivity contribution in [3.63, 3.8) is 0 Å². The monoisotopic (exact) mass is 397 g/mol. The lowest BCUT2D eigenvalue weighted by molar-refractivity contribution is 0.0509. The minimum absolute atomic E-state index is 0.0179. The maximum Gasteiger partial charge on any atom is 0.339 e. The molecule has 0 spiro atoms. The molecular weight excluding hydrogens is 378 g/mol. The van der Waals surface area contributed by atoms with Gasteiger partial charge in [-0.25, -0.2) is 17.5 Å². The Morgan fingerprint density at radius 1 is 1.12 bits per heavy atom. The fourth-order valence-electron chi connectivity index (χ4n) is 2.16. The summed E-state index contributed by atoms with van der Waals surface area (Å²) in [5, 5.41) is 0.136. The molecule has 0 aliphatic carbocycles. The summed E-state index contributed by atoms with van der Waals surface area (Å²) in [6.45, 7) is 0.145. The maximum absolute atomic E-state index is 12.3. The molecule has 0 amide bonds. The highest BCUT2D eigenvalue weighted by molar-refractivity contribution is 7.89. The van der Waals surface area contributed by atoms with Crippen LogP contribution in [0.5, 0.6) is 5.75 Å². The van der Waals surface area contributed by atoms with Crippen LogP contribution >= 0.6 is 11.6 Å². The van der Waals surface area contributed by atoms with Gasteiger partial charge in [-0.05, 0) is 35.9 Å². The molecule has 2 aromatic rings. The van der Waals surface area contributed by atoms with Crippen molar-refractivity contribution in [2.75, 3.05) is 27.8 Å².